The molecular formula is C12H15F2NO2. The van der Waals surface area contributed by atoms with Crippen molar-refractivity contribution in [2.24, 2.45) is 5.73 Å². The van der Waals surface area contributed by atoms with Crippen molar-refractivity contribution in [3.8, 4) is 11.5 Å². The van der Waals surface area contributed by atoms with E-state index in [1.807, 2.05) is 0 Å². The number of nitrogens with two attached hydrogens (primary N) is 1. The molecule has 0 aliphatic heterocycles. The van der Waals surface area contributed by atoms with Gasteiger partial charge in [0, 0.05) is 30.4 Å². The van der Waals surface area contributed by atoms with Gasteiger partial charge in [0.05, 0.1) is 7.11 Å². The fraction of sp³-hybridized carbons (Fsp3) is 0.500. The summed E-state index contributed by atoms with van der Waals surface area (Å²) >= 11 is 0. The van der Waals surface area contributed by atoms with Gasteiger partial charge in [0.2, 0.25) is 5.92 Å². The smallest absolute Gasteiger partial charge is 0.250 e. The number of halogens is 2. The lowest BCUT2D eigenvalue weighted by Crippen LogP contribution is -2.53. The van der Waals surface area contributed by atoms with Crippen LogP contribution in [0.2, 0.25) is 0 Å². The van der Waals surface area contributed by atoms with Crippen LogP contribution in [-0.4, -0.2) is 24.7 Å². The number of phenolic OH excluding ortho intramolecular Hbond substituents is 1. The molecule has 1 aliphatic carbocycles. The molecule has 1 saturated carbocycles. The highest BCUT2D eigenvalue weighted by atomic mass is 19.3. The monoisotopic (exact) mass is 243 g/mol. The van der Waals surface area contributed by atoms with Crippen LogP contribution in [0.5, 0.6) is 11.5 Å². The first-order valence-electron chi connectivity index (χ1n) is 5.38. The van der Waals surface area contributed by atoms with Gasteiger partial charge in [-0.1, -0.05) is 0 Å². The molecule has 0 saturated heterocycles. The third kappa shape index (κ3) is 1.95. The van der Waals surface area contributed by atoms with Crippen LogP contribution >= 0.6 is 0 Å². The minimum atomic E-state index is -2.69. The predicted molar refractivity (Wildman–Crippen MR) is 59.6 cm³/mol. The van der Waals surface area contributed by atoms with Gasteiger partial charge in [-0.15, -0.1) is 0 Å². The normalized spacial score (nSPS) is 20.7. The number of methoxy groups -OCH3 is 1. The van der Waals surface area contributed by atoms with Crippen molar-refractivity contribution in [2.75, 3.05) is 13.7 Å². The Balaban J connectivity index is 2.38. The molecule has 17 heavy (non-hydrogen) atoms. The highest BCUT2D eigenvalue weighted by Gasteiger charge is 2.57. The van der Waals surface area contributed by atoms with Crippen LogP contribution in [0.1, 0.15) is 18.4 Å². The second-order valence-corrected chi connectivity index (χ2v) is 4.58. The molecule has 0 bridgehead atoms. The average Bonchev–Trinajstić information content (AvgIpc) is 2.26. The second-order valence-electron chi connectivity index (χ2n) is 4.58. The van der Waals surface area contributed by atoms with E-state index in [0.717, 1.165) is 0 Å². The Kier molecular flexibility index (Phi) is 2.73. The van der Waals surface area contributed by atoms with Crippen LogP contribution in [0.15, 0.2) is 18.2 Å². The first-order chi connectivity index (χ1) is 7.92. The lowest BCUT2D eigenvalue weighted by atomic mass is 9.62. The fourth-order valence-corrected chi connectivity index (χ4v) is 2.45. The summed E-state index contributed by atoms with van der Waals surface area (Å²) in [5.74, 6) is -2.16. The third-order valence-corrected chi connectivity index (χ3v) is 3.36. The fourth-order valence-electron chi connectivity index (χ4n) is 2.45. The van der Waals surface area contributed by atoms with Gasteiger partial charge in [0.15, 0.2) is 0 Å². The van der Waals surface area contributed by atoms with Crippen LogP contribution < -0.4 is 10.5 Å². The minimum Gasteiger partial charge on any atom is -0.508 e. The van der Waals surface area contributed by atoms with Gasteiger partial charge < -0.3 is 15.6 Å². The maximum atomic E-state index is 13.1. The summed E-state index contributed by atoms with van der Waals surface area (Å²) in [4.78, 5) is 0. The van der Waals surface area contributed by atoms with Gasteiger partial charge in [-0.25, -0.2) is 8.78 Å². The average molecular weight is 243 g/mol. The highest BCUT2D eigenvalue weighted by molar-refractivity contribution is 5.46. The summed E-state index contributed by atoms with van der Waals surface area (Å²) < 4.78 is 31.1. The van der Waals surface area contributed by atoms with Crippen molar-refractivity contribution in [3.63, 3.8) is 0 Å². The van der Waals surface area contributed by atoms with E-state index in [-0.39, 0.29) is 25.1 Å². The maximum absolute atomic E-state index is 13.1. The van der Waals surface area contributed by atoms with E-state index >= 15 is 0 Å². The van der Waals surface area contributed by atoms with Crippen LogP contribution in [0.3, 0.4) is 0 Å². The van der Waals surface area contributed by atoms with Crippen LogP contribution in [0, 0.1) is 0 Å². The third-order valence-electron chi connectivity index (χ3n) is 3.36. The molecule has 0 heterocycles. The zero-order valence-corrected chi connectivity index (χ0v) is 9.54. The predicted octanol–water partition coefficient (Wildman–Crippen LogP) is 2.03. The van der Waals surface area contributed by atoms with E-state index in [1.165, 1.54) is 13.2 Å². The number of hydrogen-bond donors (Lipinski definition) is 2. The summed E-state index contributed by atoms with van der Waals surface area (Å²) in [7, 11) is 1.49. The van der Waals surface area contributed by atoms with E-state index < -0.39 is 11.3 Å². The molecule has 1 aromatic carbocycles. The summed E-state index contributed by atoms with van der Waals surface area (Å²) in [6.45, 7) is 0.0866. The van der Waals surface area contributed by atoms with Crippen molar-refractivity contribution in [1.82, 2.24) is 0 Å². The first kappa shape index (κ1) is 12.1. The van der Waals surface area contributed by atoms with Crippen molar-refractivity contribution in [3.05, 3.63) is 23.8 Å². The largest absolute Gasteiger partial charge is 0.508 e. The van der Waals surface area contributed by atoms with Crippen molar-refractivity contribution in [2.45, 2.75) is 24.2 Å². The van der Waals surface area contributed by atoms with Crippen molar-refractivity contribution in [1.29, 1.82) is 0 Å². The maximum Gasteiger partial charge on any atom is 0.250 e. The molecular weight excluding hydrogens is 228 g/mol. The Morgan fingerprint density at radius 3 is 2.53 bits per heavy atom. The summed E-state index contributed by atoms with van der Waals surface area (Å²) in [6.07, 6.45) is -0.644. The molecule has 3 N–H and O–H groups in total. The number of rotatable bonds is 3. The molecule has 1 fully saturated rings. The van der Waals surface area contributed by atoms with Gasteiger partial charge in [-0.2, -0.15) is 0 Å². The first-order valence-corrected chi connectivity index (χ1v) is 5.38. The van der Waals surface area contributed by atoms with E-state index in [2.05, 4.69) is 0 Å². The molecule has 0 amide bonds. The second kappa shape index (κ2) is 3.84. The SMILES string of the molecule is COc1ccc(O)c(C2(CN)CC(F)(F)C2)c1. The number of hydrogen-bond acceptors (Lipinski definition) is 3. The summed E-state index contributed by atoms with van der Waals surface area (Å²) in [5, 5.41) is 9.78. The van der Waals surface area contributed by atoms with Gasteiger partial charge in [0.25, 0.3) is 0 Å². The molecule has 0 atom stereocenters. The summed E-state index contributed by atoms with van der Waals surface area (Å²) in [5.41, 5.74) is 5.22. The van der Waals surface area contributed by atoms with Gasteiger partial charge >= 0.3 is 0 Å². The van der Waals surface area contributed by atoms with Crippen LogP contribution in [0.4, 0.5) is 8.78 Å². The molecule has 2 rings (SSSR count). The molecule has 0 spiro atoms. The number of phenols is 1. The lowest BCUT2D eigenvalue weighted by Gasteiger charge is -2.47. The molecule has 1 aliphatic rings. The molecule has 5 heteroatoms. The summed E-state index contributed by atoms with van der Waals surface area (Å²) in [6, 6.07) is 4.61. The van der Waals surface area contributed by atoms with Crippen molar-refractivity contribution >= 4 is 0 Å². The highest BCUT2D eigenvalue weighted by Crippen LogP contribution is 2.55. The molecule has 1 aromatic rings. The molecule has 94 valence electrons. The van der Waals surface area contributed by atoms with Gasteiger partial charge in [-0.3, -0.25) is 0 Å². The van der Waals surface area contributed by atoms with Crippen LogP contribution in [-0.2, 0) is 5.41 Å². The van der Waals surface area contributed by atoms with E-state index in [0.29, 0.717) is 11.3 Å². The Labute approximate surface area is 98.2 Å². The van der Waals surface area contributed by atoms with E-state index in [1.54, 1.807) is 12.1 Å². The number of alkyl halides is 2. The van der Waals surface area contributed by atoms with Crippen molar-refractivity contribution < 1.29 is 18.6 Å². The Bertz CT molecular complexity index is 427. The molecule has 0 aromatic heterocycles. The number of ether oxygens (including phenoxy) is 1. The number of benzene rings is 1. The quantitative estimate of drug-likeness (QED) is 0.854. The number of aromatic hydroxyl groups is 1. The Morgan fingerprint density at radius 2 is 2.06 bits per heavy atom. The Morgan fingerprint density at radius 1 is 1.41 bits per heavy atom. The molecule has 3 nitrogen and oxygen atoms in total. The van der Waals surface area contributed by atoms with Crippen LogP contribution in [0.25, 0.3) is 0 Å². The Hall–Kier alpha value is -1.36. The van der Waals surface area contributed by atoms with E-state index in [9.17, 15) is 13.9 Å². The topological polar surface area (TPSA) is 55.5 Å². The standard InChI is InChI=1S/C12H15F2NO2/c1-17-8-2-3-10(16)9(4-8)11(7-15)5-12(13,14)6-11/h2-4,16H,5-7,15H2,1H3. The minimum absolute atomic E-state index is 0.00764. The molecule has 0 radical (unpaired) electrons. The van der Waals surface area contributed by atoms with Gasteiger partial charge in [-0.05, 0) is 18.2 Å². The van der Waals surface area contributed by atoms with E-state index in [4.69, 9.17) is 10.5 Å². The lowest BCUT2D eigenvalue weighted by molar-refractivity contribution is -0.124. The molecule has 0 unspecified atom stereocenters. The zero-order valence-electron chi connectivity index (χ0n) is 9.54. The van der Waals surface area contributed by atoms with Gasteiger partial charge in [0.1, 0.15) is 11.5 Å². The zero-order chi connectivity index (χ0) is 12.7.